The van der Waals surface area contributed by atoms with Crippen LogP contribution in [0.2, 0.25) is 5.02 Å². The smallest absolute Gasteiger partial charge is 0.137 e. The molecule has 154 valence electrons. The predicted molar refractivity (Wildman–Crippen MR) is 132 cm³/mol. The third kappa shape index (κ3) is 4.63. The van der Waals surface area contributed by atoms with E-state index in [-0.39, 0.29) is 0 Å². The number of hydrogen-bond acceptors (Lipinski definition) is 2. The van der Waals surface area contributed by atoms with Gasteiger partial charge in [-0.05, 0) is 40.3 Å². The highest BCUT2D eigenvalue weighted by molar-refractivity contribution is 6.31. The molecule has 2 atom stereocenters. The Bertz CT molecular complexity index is 1070. The van der Waals surface area contributed by atoms with Gasteiger partial charge in [0, 0.05) is 24.2 Å². The van der Waals surface area contributed by atoms with Crippen LogP contribution in [0.5, 0.6) is 0 Å². The number of benzene rings is 3. The molecule has 0 amide bonds. The van der Waals surface area contributed by atoms with Crippen molar-refractivity contribution in [3.63, 3.8) is 0 Å². The van der Waals surface area contributed by atoms with Crippen LogP contribution in [0.25, 0.3) is 0 Å². The van der Waals surface area contributed by atoms with Crippen LogP contribution in [0.3, 0.4) is 0 Å². The fourth-order valence-electron chi connectivity index (χ4n) is 4.28. The van der Waals surface area contributed by atoms with Crippen LogP contribution in [0, 0.1) is 0 Å². The molecule has 1 fully saturated rings. The molecule has 0 aromatic heterocycles. The van der Waals surface area contributed by atoms with Crippen LogP contribution < -0.4 is 10.6 Å². The van der Waals surface area contributed by atoms with Gasteiger partial charge in [0.1, 0.15) is 7.85 Å². The Morgan fingerprint density at radius 1 is 0.968 bits per heavy atom. The van der Waals surface area contributed by atoms with Crippen molar-refractivity contribution in [3.8, 4) is 0 Å². The van der Waals surface area contributed by atoms with E-state index >= 15 is 0 Å². The molecule has 2 unspecified atom stereocenters. The number of rotatable bonds is 9. The van der Waals surface area contributed by atoms with E-state index in [1.165, 1.54) is 16.7 Å². The molecule has 2 nitrogen and oxygen atoms in total. The van der Waals surface area contributed by atoms with E-state index in [1.807, 2.05) is 24.3 Å². The number of halogens is 1. The quantitative estimate of drug-likeness (QED) is 0.206. The molecule has 1 saturated heterocycles. The molecule has 3 aromatic rings. The molecular weight excluding hydrogens is 399 g/mol. The van der Waals surface area contributed by atoms with Crippen molar-refractivity contribution in [2.75, 3.05) is 13.1 Å². The second kappa shape index (κ2) is 9.17. The van der Waals surface area contributed by atoms with E-state index in [0.29, 0.717) is 24.6 Å². The minimum Gasteiger partial charge on any atom is -0.394 e. The maximum absolute atomic E-state index is 6.82. The van der Waals surface area contributed by atoms with Gasteiger partial charge >= 0.3 is 0 Å². The summed E-state index contributed by atoms with van der Waals surface area (Å²) >= 11 is 6.82. The largest absolute Gasteiger partial charge is 0.394 e. The zero-order valence-corrected chi connectivity index (χ0v) is 18.3. The molecule has 2 radical (unpaired) electrons. The van der Waals surface area contributed by atoms with Gasteiger partial charge in [-0.1, -0.05) is 103 Å². The molecule has 0 saturated carbocycles. The van der Waals surface area contributed by atoms with Crippen LogP contribution >= 0.6 is 11.6 Å². The molecule has 4 rings (SSSR count). The van der Waals surface area contributed by atoms with Gasteiger partial charge in [0.15, 0.2) is 0 Å². The summed E-state index contributed by atoms with van der Waals surface area (Å²) in [6.07, 6.45) is 0.683. The maximum atomic E-state index is 6.82. The van der Waals surface area contributed by atoms with Gasteiger partial charge in [0.25, 0.3) is 0 Å². The lowest BCUT2D eigenvalue weighted by Gasteiger charge is -2.37. The molecule has 0 spiro atoms. The van der Waals surface area contributed by atoms with Crippen LogP contribution in [0.15, 0.2) is 103 Å². The summed E-state index contributed by atoms with van der Waals surface area (Å²) in [7, 11) is 5.74. The van der Waals surface area contributed by atoms with Crippen LogP contribution in [-0.2, 0) is 5.41 Å². The van der Waals surface area contributed by atoms with Crippen molar-refractivity contribution in [3.05, 3.63) is 130 Å². The third-order valence-corrected chi connectivity index (χ3v) is 6.22. The molecule has 1 aliphatic heterocycles. The first kappa shape index (κ1) is 21.5. The lowest BCUT2D eigenvalue weighted by molar-refractivity contribution is 0.598. The average Bonchev–Trinajstić information content (AvgIpc) is 3.63. The van der Waals surface area contributed by atoms with Crippen LogP contribution in [0.1, 0.15) is 34.7 Å². The van der Waals surface area contributed by atoms with Crippen molar-refractivity contribution in [1.82, 2.24) is 10.6 Å². The van der Waals surface area contributed by atoms with Gasteiger partial charge in [-0.3, -0.25) is 0 Å². The molecular formula is C27H26BClN2. The zero-order chi connectivity index (χ0) is 21.8. The molecule has 3 aromatic carbocycles. The Morgan fingerprint density at radius 3 is 2.19 bits per heavy atom. The first-order valence-corrected chi connectivity index (χ1v) is 10.9. The third-order valence-electron chi connectivity index (χ3n) is 5.89. The molecule has 4 heteroatoms. The fraction of sp³-hybridized carbons (Fsp3) is 0.185. The Morgan fingerprint density at radius 2 is 1.58 bits per heavy atom. The Balaban J connectivity index is 1.88. The standard InChI is InChI=1S/C27H26BClN2/c1-19(17-30-20(2)28)16-27(22-8-4-3-5-9-22,24-10-6-7-11-25(24)29)23-14-12-21(13-15-23)26-18-31-26/h3-15,26,30-31H,1-2,16-18H2. The first-order valence-electron chi connectivity index (χ1n) is 10.5. The van der Waals surface area contributed by atoms with Gasteiger partial charge in [-0.15, -0.1) is 0 Å². The van der Waals surface area contributed by atoms with E-state index in [0.717, 1.165) is 22.7 Å². The van der Waals surface area contributed by atoms with Crippen LogP contribution in [-0.4, -0.2) is 20.9 Å². The molecule has 31 heavy (non-hydrogen) atoms. The highest BCUT2D eigenvalue weighted by Gasteiger charge is 2.38. The normalized spacial score (nSPS) is 16.9. The minimum atomic E-state index is -0.482. The highest BCUT2D eigenvalue weighted by atomic mass is 35.5. The van der Waals surface area contributed by atoms with Gasteiger partial charge in [0.05, 0.1) is 5.41 Å². The van der Waals surface area contributed by atoms with Gasteiger partial charge in [-0.25, -0.2) is 0 Å². The molecule has 2 N–H and O–H groups in total. The lowest BCUT2D eigenvalue weighted by atomic mass is 9.66. The number of nitrogens with one attached hydrogen (secondary N) is 2. The van der Waals surface area contributed by atoms with Gasteiger partial charge in [-0.2, -0.15) is 0 Å². The van der Waals surface area contributed by atoms with E-state index in [1.54, 1.807) is 0 Å². The predicted octanol–water partition coefficient (Wildman–Crippen LogP) is 5.49. The number of hydrogen-bond donors (Lipinski definition) is 2. The SMILES string of the molecule is [B]C(=C)NCC(=C)CC(c1ccccc1)(c1ccc(C2CN2)cc1)c1ccccc1Cl. The second-order valence-electron chi connectivity index (χ2n) is 8.14. The first-order chi connectivity index (χ1) is 15.0. The fourth-order valence-corrected chi connectivity index (χ4v) is 4.57. The van der Waals surface area contributed by atoms with Gasteiger partial charge < -0.3 is 10.6 Å². The second-order valence-corrected chi connectivity index (χ2v) is 8.55. The molecule has 0 bridgehead atoms. The summed E-state index contributed by atoms with van der Waals surface area (Å²) in [5.74, 6) is 0. The van der Waals surface area contributed by atoms with E-state index in [9.17, 15) is 0 Å². The molecule has 1 aliphatic rings. The minimum absolute atomic E-state index is 0.436. The zero-order valence-electron chi connectivity index (χ0n) is 17.6. The van der Waals surface area contributed by atoms with Crippen LogP contribution in [0.4, 0.5) is 0 Å². The van der Waals surface area contributed by atoms with Crippen molar-refractivity contribution in [2.24, 2.45) is 0 Å². The summed E-state index contributed by atoms with van der Waals surface area (Å²) in [5, 5.41) is 7.23. The summed E-state index contributed by atoms with van der Waals surface area (Å²) in [5.41, 5.74) is 5.70. The van der Waals surface area contributed by atoms with Crippen molar-refractivity contribution < 1.29 is 0 Å². The Hall–Kier alpha value is -2.75. The average molecular weight is 425 g/mol. The van der Waals surface area contributed by atoms with E-state index < -0.39 is 5.41 Å². The maximum Gasteiger partial charge on any atom is 0.137 e. The summed E-state index contributed by atoms with van der Waals surface area (Å²) in [6.45, 7) is 9.70. The summed E-state index contributed by atoms with van der Waals surface area (Å²) < 4.78 is 0. The monoisotopic (exact) mass is 424 g/mol. The Kier molecular flexibility index (Phi) is 6.36. The van der Waals surface area contributed by atoms with Crippen molar-refractivity contribution >= 4 is 19.4 Å². The molecule has 1 heterocycles. The lowest BCUT2D eigenvalue weighted by Crippen LogP contribution is -2.32. The van der Waals surface area contributed by atoms with E-state index in [2.05, 4.69) is 78.4 Å². The van der Waals surface area contributed by atoms with Crippen molar-refractivity contribution in [2.45, 2.75) is 17.9 Å². The van der Waals surface area contributed by atoms with Gasteiger partial charge in [0.2, 0.25) is 0 Å². The summed E-state index contributed by atoms with van der Waals surface area (Å²) in [4.78, 5) is 0. The summed E-state index contributed by atoms with van der Waals surface area (Å²) in [6, 6.07) is 28.0. The molecule has 0 aliphatic carbocycles. The van der Waals surface area contributed by atoms with E-state index in [4.69, 9.17) is 19.4 Å². The van der Waals surface area contributed by atoms with Crippen molar-refractivity contribution in [1.29, 1.82) is 0 Å². The Labute approximate surface area is 191 Å². The highest BCUT2D eigenvalue weighted by Crippen LogP contribution is 2.46. The topological polar surface area (TPSA) is 34.0 Å².